The first-order valence-corrected chi connectivity index (χ1v) is 18.9. The van der Waals surface area contributed by atoms with E-state index in [2.05, 4.69) is 51.4 Å². The second-order valence-electron chi connectivity index (χ2n) is 12.3. The summed E-state index contributed by atoms with van der Waals surface area (Å²) >= 11 is 0. The van der Waals surface area contributed by atoms with Gasteiger partial charge in [-0.1, -0.05) is 92.9 Å². The molecule has 0 nitrogen and oxygen atoms in total. The fraction of sp³-hybridized carbons (Fsp3) is 0.706. The Morgan fingerprint density at radius 2 is 0.590 bits per heavy atom. The van der Waals surface area contributed by atoms with Crippen molar-refractivity contribution >= 4 is 15.8 Å². The molecule has 6 aliphatic carbocycles. The van der Waals surface area contributed by atoms with Crippen LogP contribution in [0.3, 0.4) is 0 Å². The molecule has 220 valence electrons. The van der Waals surface area contributed by atoms with Crippen LogP contribution in [0.15, 0.2) is 0 Å². The Balaban J connectivity index is 0.000000254. The average Bonchev–Trinajstić information content (AvgIpc) is 3.68. The summed E-state index contributed by atoms with van der Waals surface area (Å²) in [6.07, 6.45) is 48.9. The fourth-order valence-electron chi connectivity index (χ4n) is 7.95. The van der Waals surface area contributed by atoms with Crippen molar-refractivity contribution in [2.24, 2.45) is 0 Å². The zero-order valence-corrected chi connectivity index (χ0v) is 30.7. The van der Waals surface area contributed by atoms with Gasteiger partial charge in [0.05, 0.1) is 0 Å². The predicted molar refractivity (Wildman–Crippen MR) is 162 cm³/mol. The number of halogens is 1. The minimum Gasteiger partial charge on any atom is -1.00 e. The summed E-state index contributed by atoms with van der Waals surface area (Å²) in [6, 6.07) is 0. The molecule has 10 radical (unpaired) electrons. The third kappa shape index (κ3) is 11.5. The minimum atomic E-state index is 0. The molecule has 0 unspecified atom stereocenters. The van der Waals surface area contributed by atoms with Crippen LogP contribution < -0.4 is 17.0 Å². The standard InChI is InChI=1S/2C17H26P.BrH.Pd.Ru/c2*1-3-9-15(10-4-1)18(17-13-7-8-14-17)16-11-5-2-6-12-16;;;/h2*7-8,13-16H,1-6,9-12H2;1H;;/q;;;2*+2/p-1. The van der Waals surface area contributed by atoms with Gasteiger partial charge in [-0.05, 0) is 125 Å². The average molecular weight is 810 g/mol. The van der Waals surface area contributed by atoms with Gasteiger partial charge in [0, 0.05) is 11.3 Å². The molecule has 0 heterocycles. The van der Waals surface area contributed by atoms with Crippen molar-refractivity contribution in [3.8, 4) is 0 Å². The molecule has 0 aromatic heterocycles. The molecule has 5 heteroatoms. The summed E-state index contributed by atoms with van der Waals surface area (Å²) < 4.78 is 0. The molecule has 0 aromatic rings. The molecule has 39 heavy (non-hydrogen) atoms. The van der Waals surface area contributed by atoms with Crippen LogP contribution in [0.5, 0.6) is 0 Å². The minimum absolute atomic E-state index is 0. The molecule has 6 fully saturated rings. The summed E-state index contributed by atoms with van der Waals surface area (Å²) in [5, 5.41) is 0. The molecular formula is C34H52BrP2PdRu+3. The molecule has 0 atom stereocenters. The van der Waals surface area contributed by atoms with Gasteiger partial charge < -0.3 is 17.0 Å². The molecule has 0 aromatic carbocycles. The van der Waals surface area contributed by atoms with Gasteiger partial charge in [-0.3, -0.25) is 0 Å². The van der Waals surface area contributed by atoms with Gasteiger partial charge in [0.1, 0.15) is 0 Å². The van der Waals surface area contributed by atoms with Gasteiger partial charge in [0.15, 0.2) is 0 Å². The maximum atomic E-state index is 2.43. The zero-order chi connectivity index (χ0) is 24.4. The second-order valence-corrected chi connectivity index (χ2v) is 17.9. The first-order valence-electron chi connectivity index (χ1n) is 15.9. The van der Waals surface area contributed by atoms with Gasteiger partial charge in [-0.2, -0.15) is 0 Å². The van der Waals surface area contributed by atoms with Gasteiger partial charge in [0.25, 0.3) is 0 Å². The molecule has 0 N–H and O–H groups in total. The summed E-state index contributed by atoms with van der Waals surface area (Å²) in [4.78, 5) is 0. The number of hydrogen-bond donors (Lipinski definition) is 0. The van der Waals surface area contributed by atoms with Gasteiger partial charge in [-0.25, -0.2) is 0 Å². The van der Waals surface area contributed by atoms with Crippen LogP contribution in [-0.4, -0.2) is 22.6 Å². The molecule has 0 amide bonds. The van der Waals surface area contributed by atoms with E-state index in [1.54, 1.807) is 11.3 Å². The van der Waals surface area contributed by atoms with E-state index in [1.165, 1.54) is 128 Å². The molecule has 6 rings (SSSR count). The van der Waals surface area contributed by atoms with Crippen LogP contribution in [0.2, 0.25) is 0 Å². The Morgan fingerprint density at radius 3 is 0.795 bits per heavy atom. The third-order valence-electron chi connectivity index (χ3n) is 9.76. The van der Waals surface area contributed by atoms with Gasteiger partial charge in [0.2, 0.25) is 0 Å². The number of rotatable bonds is 6. The Bertz CT molecular complexity index is 500. The normalized spacial score (nSPS) is 26.9. The third-order valence-corrected chi connectivity index (χ3v) is 16.8. The first-order chi connectivity index (χ1) is 17.9. The van der Waals surface area contributed by atoms with Crippen LogP contribution >= 0.6 is 15.8 Å². The summed E-state index contributed by atoms with van der Waals surface area (Å²) in [5.74, 6) is 0. The maximum absolute atomic E-state index is 2.43. The van der Waals surface area contributed by atoms with Crippen LogP contribution in [-0.2, 0) is 39.9 Å². The van der Waals surface area contributed by atoms with Crippen molar-refractivity contribution in [3.63, 3.8) is 0 Å². The molecular weight excluding hydrogens is 758 g/mol. The van der Waals surface area contributed by atoms with Gasteiger partial charge >= 0.3 is 39.9 Å². The van der Waals surface area contributed by atoms with Crippen molar-refractivity contribution in [1.82, 2.24) is 0 Å². The SMILES string of the molecule is [Br-].[CH]1[CH][CH][C](P(C2CCCCC2)C2CCCCC2)[CH]1.[CH]1[CH][CH][C](P(C2CCCCC2)C2CCCCC2)[CH]1.[Pd+2].[Ru+2]. The van der Waals surface area contributed by atoms with E-state index in [9.17, 15) is 0 Å². The van der Waals surface area contributed by atoms with Crippen LogP contribution in [0.25, 0.3) is 0 Å². The number of hydrogen-bond acceptors (Lipinski definition) is 0. The molecule has 0 spiro atoms. The monoisotopic (exact) mass is 809 g/mol. The second kappa shape index (κ2) is 21.4. The summed E-state index contributed by atoms with van der Waals surface area (Å²) in [7, 11) is 0.290. The zero-order valence-electron chi connectivity index (χ0n) is 24.0. The van der Waals surface area contributed by atoms with E-state index < -0.39 is 0 Å². The van der Waals surface area contributed by atoms with Crippen molar-refractivity contribution < 1.29 is 56.9 Å². The molecule has 6 saturated carbocycles. The van der Waals surface area contributed by atoms with Crippen LogP contribution in [0.1, 0.15) is 128 Å². The van der Waals surface area contributed by atoms with Crippen molar-refractivity contribution in [2.45, 2.75) is 151 Å². The Morgan fingerprint density at radius 1 is 0.385 bits per heavy atom. The first kappa shape index (κ1) is 37.8. The van der Waals surface area contributed by atoms with Crippen LogP contribution in [0, 0.1) is 62.7 Å². The smallest absolute Gasteiger partial charge is 1.00 e. The maximum Gasteiger partial charge on any atom is 2.00 e. The van der Waals surface area contributed by atoms with E-state index in [-0.39, 0.29) is 72.7 Å². The topological polar surface area (TPSA) is 0 Å². The molecule has 0 bridgehead atoms. The Labute approximate surface area is 284 Å². The van der Waals surface area contributed by atoms with E-state index in [0.29, 0.717) is 0 Å². The van der Waals surface area contributed by atoms with E-state index in [4.69, 9.17) is 0 Å². The molecule has 6 aliphatic rings. The van der Waals surface area contributed by atoms with Gasteiger partial charge in [-0.15, -0.1) is 0 Å². The Kier molecular flexibility index (Phi) is 20.7. The van der Waals surface area contributed by atoms with Crippen molar-refractivity contribution in [3.05, 3.63) is 62.7 Å². The predicted octanol–water partition coefficient (Wildman–Crippen LogP) is 7.99. The largest absolute Gasteiger partial charge is 2.00 e. The molecule has 0 aliphatic heterocycles. The van der Waals surface area contributed by atoms with E-state index in [1.807, 2.05) is 0 Å². The van der Waals surface area contributed by atoms with E-state index >= 15 is 0 Å². The molecule has 0 saturated heterocycles. The Hall–Kier alpha value is 2.63. The van der Waals surface area contributed by atoms with Crippen LogP contribution in [0.4, 0.5) is 0 Å². The summed E-state index contributed by atoms with van der Waals surface area (Å²) in [6.45, 7) is 0. The van der Waals surface area contributed by atoms with E-state index in [0.717, 1.165) is 22.6 Å². The fourth-order valence-corrected chi connectivity index (χ4v) is 15.5. The van der Waals surface area contributed by atoms with Crippen molar-refractivity contribution in [1.29, 1.82) is 0 Å². The quantitative estimate of drug-likeness (QED) is 0.189. The van der Waals surface area contributed by atoms with Crippen molar-refractivity contribution in [2.75, 3.05) is 0 Å². The summed E-state index contributed by atoms with van der Waals surface area (Å²) in [5.41, 5.74) is 7.67.